The number of rotatable bonds is 7. The summed E-state index contributed by atoms with van der Waals surface area (Å²) in [5.41, 5.74) is 4.67. The molecule has 1 N–H and O–H groups in total. The summed E-state index contributed by atoms with van der Waals surface area (Å²) in [5, 5.41) is 13.8. The Morgan fingerprint density at radius 3 is 2.61 bits per heavy atom. The van der Waals surface area contributed by atoms with Crippen LogP contribution in [0.15, 0.2) is 64.0 Å². The number of piperazine rings is 1. The number of hydrogen-bond acceptors (Lipinski definition) is 9. The van der Waals surface area contributed by atoms with Crippen LogP contribution in [0.1, 0.15) is 39.9 Å². The molecule has 1 fully saturated rings. The fourth-order valence-corrected chi connectivity index (χ4v) is 5.84. The van der Waals surface area contributed by atoms with Gasteiger partial charge in [-0.05, 0) is 71.3 Å². The number of furan rings is 1. The molecule has 0 spiro atoms. The number of hydrogen-bond donors (Lipinski definition) is 1. The maximum Gasteiger partial charge on any atom is 0.253 e. The molecule has 2 aliphatic rings. The molecule has 210 valence electrons. The summed E-state index contributed by atoms with van der Waals surface area (Å²) in [7, 11) is 0. The van der Waals surface area contributed by atoms with Crippen molar-refractivity contribution in [2.24, 2.45) is 0 Å². The van der Waals surface area contributed by atoms with Gasteiger partial charge in [0.2, 0.25) is 6.79 Å². The first-order valence-electron chi connectivity index (χ1n) is 13.8. The summed E-state index contributed by atoms with van der Waals surface area (Å²) in [6.45, 7) is 8.67. The first-order chi connectivity index (χ1) is 20.0. The Labute approximate surface area is 236 Å². The summed E-state index contributed by atoms with van der Waals surface area (Å²) < 4.78 is 18.3. The maximum atomic E-state index is 13.7. The Morgan fingerprint density at radius 1 is 0.951 bits per heavy atom. The van der Waals surface area contributed by atoms with Gasteiger partial charge in [0.25, 0.3) is 5.56 Å². The number of H-pyrrole nitrogens is 1. The van der Waals surface area contributed by atoms with Crippen LogP contribution in [-0.4, -0.2) is 68.0 Å². The van der Waals surface area contributed by atoms with Crippen molar-refractivity contribution in [1.29, 1.82) is 0 Å². The van der Waals surface area contributed by atoms with E-state index in [1.807, 2.05) is 37.3 Å². The van der Waals surface area contributed by atoms with E-state index in [0.717, 1.165) is 72.0 Å². The van der Waals surface area contributed by atoms with Crippen molar-refractivity contribution in [3.63, 3.8) is 0 Å². The lowest BCUT2D eigenvalue weighted by atomic mass is 9.99. The molecule has 0 amide bonds. The van der Waals surface area contributed by atoms with Crippen LogP contribution in [0.25, 0.3) is 10.9 Å². The average molecular weight is 554 g/mol. The second-order valence-corrected chi connectivity index (χ2v) is 10.7. The van der Waals surface area contributed by atoms with Crippen LogP contribution >= 0.6 is 0 Å². The summed E-state index contributed by atoms with van der Waals surface area (Å²) in [4.78, 5) is 21.6. The van der Waals surface area contributed by atoms with Gasteiger partial charge in [-0.2, -0.15) is 0 Å². The quantitative estimate of drug-likeness (QED) is 0.324. The fourth-order valence-electron chi connectivity index (χ4n) is 5.84. The van der Waals surface area contributed by atoms with Crippen molar-refractivity contribution in [1.82, 2.24) is 35.0 Å². The molecular formula is C30H31N7O4. The Balaban J connectivity index is 1.21. The van der Waals surface area contributed by atoms with Crippen LogP contribution in [0.3, 0.4) is 0 Å². The molecule has 5 aromatic rings. The lowest BCUT2D eigenvalue weighted by Crippen LogP contribution is -2.48. The molecular weight excluding hydrogens is 522 g/mol. The van der Waals surface area contributed by atoms with Gasteiger partial charge in [-0.3, -0.25) is 14.6 Å². The summed E-state index contributed by atoms with van der Waals surface area (Å²) in [6.07, 6.45) is 1.63. The largest absolute Gasteiger partial charge is 0.467 e. The maximum absolute atomic E-state index is 13.7. The lowest BCUT2D eigenvalue weighted by Gasteiger charge is -2.38. The van der Waals surface area contributed by atoms with E-state index in [2.05, 4.69) is 55.4 Å². The standard InChI is InChI=1S/C30H31N7O4/c1-19-5-6-20(2)27-23(19)15-24(30(38)31-27)28(29-32-33-34-37(29)17-22-4-3-13-39-22)36-11-9-35(10-12-36)16-21-7-8-25-26(14-21)41-18-40-25/h3-8,13-15,28H,9-12,16-18H2,1-2H3,(H,31,38)/t28-/m0/s1. The van der Waals surface area contributed by atoms with Crippen LogP contribution in [0.2, 0.25) is 0 Å². The van der Waals surface area contributed by atoms with Crippen molar-refractivity contribution in [2.45, 2.75) is 33.0 Å². The van der Waals surface area contributed by atoms with Gasteiger partial charge in [-0.15, -0.1) is 5.10 Å². The Bertz CT molecular complexity index is 1750. The molecule has 0 saturated carbocycles. The van der Waals surface area contributed by atoms with E-state index in [0.29, 0.717) is 17.9 Å². The van der Waals surface area contributed by atoms with Crippen molar-refractivity contribution in [3.8, 4) is 11.5 Å². The summed E-state index contributed by atoms with van der Waals surface area (Å²) >= 11 is 0. The first kappa shape index (κ1) is 25.5. The molecule has 2 aromatic carbocycles. The number of fused-ring (bicyclic) bond motifs is 2. The van der Waals surface area contributed by atoms with Crippen molar-refractivity contribution >= 4 is 10.9 Å². The van der Waals surface area contributed by atoms with E-state index in [4.69, 9.17) is 13.9 Å². The van der Waals surface area contributed by atoms with Gasteiger partial charge in [0.15, 0.2) is 17.3 Å². The zero-order valence-electron chi connectivity index (χ0n) is 23.0. The molecule has 11 heteroatoms. The molecule has 3 aromatic heterocycles. The molecule has 5 heterocycles. The number of tetrazole rings is 1. The fraction of sp³-hybridized carbons (Fsp3) is 0.333. The zero-order valence-corrected chi connectivity index (χ0v) is 23.0. The average Bonchev–Trinajstić information content (AvgIpc) is 3.76. The lowest BCUT2D eigenvalue weighted by molar-refractivity contribution is 0.0997. The van der Waals surface area contributed by atoms with Crippen LogP contribution in [0, 0.1) is 13.8 Å². The predicted octanol–water partition coefficient (Wildman–Crippen LogP) is 3.41. The third kappa shape index (κ3) is 4.87. The van der Waals surface area contributed by atoms with Gasteiger partial charge in [-0.25, -0.2) is 4.68 Å². The highest BCUT2D eigenvalue weighted by molar-refractivity contribution is 5.85. The number of ether oxygens (including phenoxy) is 2. The molecule has 1 atom stereocenters. The van der Waals surface area contributed by atoms with E-state index in [1.54, 1.807) is 10.9 Å². The minimum atomic E-state index is -0.430. The third-order valence-electron chi connectivity index (χ3n) is 8.07. The third-order valence-corrected chi connectivity index (χ3v) is 8.07. The first-order valence-corrected chi connectivity index (χ1v) is 13.8. The van der Waals surface area contributed by atoms with Crippen molar-refractivity contribution in [3.05, 3.63) is 99.0 Å². The van der Waals surface area contributed by atoms with Gasteiger partial charge >= 0.3 is 0 Å². The van der Waals surface area contributed by atoms with Gasteiger partial charge in [0.05, 0.1) is 11.8 Å². The number of aromatic amines is 1. The number of aryl methyl sites for hydroxylation is 2. The molecule has 1 saturated heterocycles. The van der Waals surface area contributed by atoms with Gasteiger partial charge in [0, 0.05) is 43.7 Å². The van der Waals surface area contributed by atoms with Crippen LogP contribution in [0.5, 0.6) is 11.5 Å². The number of aromatic nitrogens is 5. The number of pyridine rings is 1. The van der Waals surface area contributed by atoms with Crippen LogP contribution in [0.4, 0.5) is 0 Å². The monoisotopic (exact) mass is 553 g/mol. The van der Waals surface area contributed by atoms with E-state index in [9.17, 15) is 4.79 Å². The molecule has 0 unspecified atom stereocenters. The Morgan fingerprint density at radius 2 is 1.78 bits per heavy atom. The van der Waals surface area contributed by atoms with Gasteiger partial charge in [0.1, 0.15) is 18.3 Å². The van der Waals surface area contributed by atoms with E-state index in [-0.39, 0.29) is 12.4 Å². The van der Waals surface area contributed by atoms with E-state index >= 15 is 0 Å². The highest BCUT2D eigenvalue weighted by atomic mass is 16.7. The second-order valence-electron chi connectivity index (χ2n) is 10.7. The SMILES string of the molecule is Cc1ccc(C)c2[nH]c(=O)c([C@@H](c3nnnn3Cc3ccco3)N3CCN(Cc4ccc5c(c4)OCO5)CC3)cc12. The smallest absolute Gasteiger partial charge is 0.253 e. The van der Waals surface area contributed by atoms with Crippen LogP contribution in [-0.2, 0) is 13.1 Å². The highest BCUT2D eigenvalue weighted by Crippen LogP contribution is 2.33. The Hall–Kier alpha value is -4.48. The number of nitrogens with one attached hydrogen (secondary N) is 1. The highest BCUT2D eigenvalue weighted by Gasteiger charge is 2.33. The normalized spacial score (nSPS) is 16.4. The molecule has 0 bridgehead atoms. The topological polar surface area (TPSA) is 115 Å². The van der Waals surface area contributed by atoms with E-state index < -0.39 is 6.04 Å². The predicted molar refractivity (Wildman–Crippen MR) is 151 cm³/mol. The van der Waals surface area contributed by atoms with Gasteiger partial charge < -0.3 is 18.9 Å². The van der Waals surface area contributed by atoms with Crippen molar-refractivity contribution < 1.29 is 13.9 Å². The Kier molecular flexibility index (Phi) is 6.52. The molecule has 2 aliphatic heterocycles. The molecule has 41 heavy (non-hydrogen) atoms. The number of nitrogens with zero attached hydrogens (tertiary/aromatic N) is 6. The zero-order chi connectivity index (χ0) is 27.9. The summed E-state index contributed by atoms with van der Waals surface area (Å²) in [6, 6.07) is 15.6. The van der Waals surface area contributed by atoms with Crippen LogP contribution < -0.4 is 15.0 Å². The molecule has 0 aliphatic carbocycles. The van der Waals surface area contributed by atoms with E-state index in [1.165, 1.54) is 5.56 Å². The molecule has 0 radical (unpaired) electrons. The second kappa shape index (κ2) is 10.5. The molecule has 7 rings (SSSR count). The van der Waals surface area contributed by atoms with Crippen molar-refractivity contribution in [2.75, 3.05) is 33.0 Å². The number of benzene rings is 2. The summed E-state index contributed by atoms with van der Waals surface area (Å²) in [5.74, 6) is 2.94. The molecule has 11 nitrogen and oxygen atoms in total. The minimum absolute atomic E-state index is 0.133. The van der Waals surface area contributed by atoms with Gasteiger partial charge in [-0.1, -0.05) is 18.2 Å². The minimum Gasteiger partial charge on any atom is -0.467 e.